The molecule has 4 nitrogen and oxygen atoms in total. The van der Waals surface area contributed by atoms with E-state index in [0.29, 0.717) is 13.2 Å². The number of rotatable bonds is 5. The number of ether oxygens (including phenoxy) is 1. The first-order valence-corrected chi connectivity index (χ1v) is 7.84. The van der Waals surface area contributed by atoms with Crippen molar-refractivity contribution in [3.63, 3.8) is 0 Å². The molecule has 0 aliphatic carbocycles. The van der Waals surface area contributed by atoms with Crippen molar-refractivity contribution in [2.75, 3.05) is 19.4 Å². The van der Waals surface area contributed by atoms with Gasteiger partial charge in [-0.3, -0.25) is 0 Å². The van der Waals surface area contributed by atoms with E-state index >= 15 is 0 Å². The smallest absolute Gasteiger partial charge is 0.211 e. The summed E-state index contributed by atoms with van der Waals surface area (Å²) in [7, 11) is -3.05. The molecule has 1 atom stereocenters. The van der Waals surface area contributed by atoms with E-state index in [1.54, 1.807) is 4.31 Å². The van der Waals surface area contributed by atoms with Gasteiger partial charge in [-0.2, -0.15) is 4.31 Å². The SMILES string of the molecule is CC(C)OCCC1CCCCN1S(C)(=O)=O. The molecule has 1 rings (SSSR count). The molecule has 16 heavy (non-hydrogen) atoms. The molecule has 0 amide bonds. The lowest BCUT2D eigenvalue weighted by Crippen LogP contribution is -2.43. The molecule has 0 aromatic carbocycles. The van der Waals surface area contributed by atoms with Gasteiger partial charge in [-0.15, -0.1) is 0 Å². The van der Waals surface area contributed by atoms with Crippen LogP contribution < -0.4 is 0 Å². The number of nitrogens with zero attached hydrogens (tertiary/aromatic N) is 1. The van der Waals surface area contributed by atoms with Gasteiger partial charge in [-0.1, -0.05) is 6.42 Å². The van der Waals surface area contributed by atoms with E-state index in [4.69, 9.17) is 4.74 Å². The fraction of sp³-hybridized carbons (Fsp3) is 1.00. The van der Waals surface area contributed by atoms with Crippen LogP contribution in [0.3, 0.4) is 0 Å². The van der Waals surface area contributed by atoms with Crippen molar-refractivity contribution in [3.8, 4) is 0 Å². The largest absolute Gasteiger partial charge is 0.379 e. The third-order valence-electron chi connectivity index (χ3n) is 2.90. The van der Waals surface area contributed by atoms with Crippen LogP contribution in [0.25, 0.3) is 0 Å². The zero-order valence-electron chi connectivity index (χ0n) is 10.5. The van der Waals surface area contributed by atoms with Gasteiger partial charge in [0.15, 0.2) is 0 Å². The molecule has 0 saturated carbocycles. The Morgan fingerprint density at radius 1 is 1.38 bits per heavy atom. The maximum absolute atomic E-state index is 11.6. The van der Waals surface area contributed by atoms with Gasteiger partial charge in [-0.05, 0) is 33.1 Å². The second-order valence-corrected chi connectivity index (χ2v) is 6.67. The molecular weight excluding hydrogens is 226 g/mol. The average molecular weight is 249 g/mol. The van der Waals surface area contributed by atoms with E-state index < -0.39 is 10.0 Å². The third kappa shape index (κ3) is 4.39. The van der Waals surface area contributed by atoms with Crippen molar-refractivity contribution in [3.05, 3.63) is 0 Å². The molecule has 0 radical (unpaired) electrons. The van der Waals surface area contributed by atoms with Crippen LogP contribution in [-0.4, -0.2) is 44.3 Å². The Labute approximate surface area is 99.0 Å². The molecule has 1 saturated heterocycles. The second-order valence-electron chi connectivity index (χ2n) is 4.73. The highest BCUT2D eigenvalue weighted by Crippen LogP contribution is 2.22. The van der Waals surface area contributed by atoms with Gasteiger partial charge in [-0.25, -0.2) is 8.42 Å². The standard InChI is InChI=1S/C11H23NO3S/c1-10(2)15-9-7-11-6-4-5-8-12(11)16(3,13)14/h10-11H,4-9H2,1-3H3. The van der Waals surface area contributed by atoms with Crippen molar-refractivity contribution in [1.82, 2.24) is 4.31 Å². The van der Waals surface area contributed by atoms with Crippen molar-refractivity contribution in [2.24, 2.45) is 0 Å². The highest BCUT2D eigenvalue weighted by molar-refractivity contribution is 7.88. The molecule has 1 unspecified atom stereocenters. The van der Waals surface area contributed by atoms with Crippen LogP contribution >= 0.6 is 0 Å². The van der Waals surface area contributed by atoms with Gasteiger partial charge in [0.05, 0.1) is 12.4 Å². The summed E-state index contributed by atoms with van der Waals surface area (Å²) in [6.45, 7) is 5.31. The van der Waals surface area contributed by atoms with Crippen LogP contribution in [0.1, 0.15) is 39.5 Å². The van der Waals surface area contributed by atoms with Crippen LogP contribution in [0.2, 0.25) is 0 Å². The molecule has 0 aromatic rings. The first kappa shape index (κ1) is 13.9. The Balaban J connectivity index is 2.48. The monoisotopic (exact) mass is 249 g/mol. The second kappa shape index (κ2) is 5.98. The summed E-state index contributed by atoms with van der Waals surface area (Å²) in [4.78, 5) is 0. The summed E-state index contributed by atoms with van der Waals surface area (Å²) in [5.74, 6) is 0. The third-order valence-corrected chi connectivity index (χ3v) is 4.23. The maximum atomic E-state index is 11.6. The van der Waals surface area contributed by atoms with Gasteiger partial charge < -0.3 is 4.74 Å². The Morgan fingerprint density at radius 2 is 2.06 bits per heavy atom. The van der Waals surface area contributed by atoms with Gasteiger partial charge >= 0.3 is 0 Å². The lowest BCUT2D eigenvalue weighted by atomic mass is 10.0. The molecule has 0 aromatic heterocycles. The van der Waals surface area contributed by atoms with E-state index in [1.165, 1.54) is 6.26 Å². The maximum Gasteiger partial charge on any atom is 0.211 e. The normalized spacial score (nSPS) is 23.9. The highest BCUT2D eigenvalue weighted by atomic mass is 32.2. The van der Waals surface area contributed by atoms with Crippen molar-refractivity contribution in [1.29, 1.82) is 0 Å². The number of sulfonamides is 1. The summed E-state index contributed by atoms with van der Waals surface area (Å²) < 4.78 is 30.3. The zero-order chi connectivity index (χ0) is 12.2. The molecular formula is C11H23NO3S. The summed E-state index contributed by atoms with van der Waals surface area (Å²) in [5.41, 5.74) is 0. The molecule has 5 heteroatoms. The fourth-order valence-electron chi connectivity index (χ4n) is 2.14. The molecule has 1 aliphatic heterocycles. The van der Waals surface area contributed by atoms with Gasteiger partial charge in [0.2, 0.25) is 10.0 Å². The van der Waals surface area contributed by atoms with Gasteiger partial charge in [0.1, 0.15) is 0 Å². The number of hydrogen-bond acceptors (Lipinski definition) is 3. The van der Waals surface area contributed by atoms with Gasteiger partial charge in [0, 0.05) is 19.2 Å². The number of hydrogen-bond donors (Lipinski definition) is 0. The van der Waals surface area contributed by atoms with E-state index in [2.05, 4.69) is 0 Å². The number of piperidine rings is 1. The van der Waals surface area contributed by atoms with Crippen LogP contribution in [0.4, 0.5) is 0 Å². The summed E-state index contributed by atoms with van der Waals surface area (Å²) in [6, 6.07) is 0.141. The summed E-state index contributed by atoms with van der Waals surface area (Å²) in [6.07, 6.45) is 5.40. The molecule has 0 N–H and O–H groups in total. The van der Waals surface area contributed by atoms with Gasteiger partial charge in [0.25, 0.3) is 0 Å². The molecule has 0 spiro atoms. The summed E-state index contributed by atoms with van der Waals surface area (Å²) in [5, 5.41) is 0. The molecule has 1 fully saturated rings. The molecule has 96 valence electrons. The minimum absolute atomic E-state index is 0.141. The Hall–Kier alpha value is -0.130. The minimum atomic E-state index is -3.05. The fourth-order valence-corrected chi connectivity index (χ4v) is 3.35. The lowest BCUT2D eigenvalue weighted by molar-refractivity contribution is 0.0621. The quantitative estimate of drug-likeness (QED) is 0.744. The van der Waals surface area contributed by atoms with E-state index in [0.717, 1.165) is 25.7 Å². The van der Waals surface area contributed by atoms with Crippen molar-refractivity contribution >= 4 is 10.0 Å². The zero-order valence-corrected chi connectivity index (χ0v) is 11.3. The lowest BCUT2D eigenvalue weighted by Gasteiger charge is -2.33. The van der Waals surface area contributed by atoms with Crippen LogP contribution in [0, 0.1) is 0 Å². The van der Waals surface area contributed by atoms with Crippen LogP contribution in [0.5, 0.6) is 0 Å². The Kier molecular flexibility index (Phi) is 5.21. The first-order chi connectivity index (χ1) is 7.41. The Bertz CT molecular complexity index is 300. The molecule has 0 bridgehead atoms. The average Bonchev–Trinajstić information content (AvgIpc) is 2.16. The van der Waals surface area contributed by atoms with Crippen molar-refractivity contribution in [2.45, 2.75) is 51.7 Å². The highest BCUT2D eigenvalue weighted by Gasteiger charge is 2.28. The first-order valence-electron chi connectivity index (χ1n) is 5.99. The predicted octanol–water partition coefficient (Wildman–Crippen LogP) is 1.62. The predicted molar refractivity (Wildman–Crippen MR) is 64.9 cm³/mol. The van der Waals surface area contributed by atoms with E-state index in [9.17, 15) is 8.42 Å². The minimum Gasteiger partial charge on any atom is -0.379 e. The topological polar surface area (TPSA) is 46.6 Å². The molecule has 1 aliphatic rings. The molecule has 1 heterocycles. The van der Waals surface area contributed by atoms with E-state index in [-0.39, 0.29) is 12.1 Å². The Morgan fingerprint density at radius 3 is 2.62 bits per heavy atom. The van der Waals surface area contributed by atoms with Crippen LogP contribution in [-0.2, 0) is 14.8 Å². The van der Waals surface area contributed by atoms with Crippen LogP contribution in [0.15, 0.2) is 0 Å². The van der Waals surface area contributed by atoms with Crippen molar-refractivity contribution < 1.29 is 13.2 Å². The summed E-state index contributed by atoms with van der Waals surface area (Å²) >= 11 is 0. The van der Waals surface area contributed by atoms with E-state index in [1.807, 2.05) is 13.8 Å².